The Morgan fingerprint density at radius 3 is 2.50 bits per heavy atom. The molecule has 0 bridgehead atoms. The van der Waals surface area contributed by atoms with Crippen LogP contribution in [0.4, 0.5) is 0 Å². The van der Waals surface area contributed by atoms with E-state index in [1.54, 1.807) is 0 Å². The van der Waals surface area contributed by atoms with Crippen molar-refractivity contribution in [1.82, 2.24) is 0 Å². The van der Waals surface area contributed by atoms with E-state index in [9.17, 15) is 5.11 Å². The van der Waals surface area contributed by atoms with Crippen LogP contribution in [0, 0.1) is 11.5 Å². The molecule has 0 saturated heterocycles. The normalized spacial score (nSPS) is 12.7. The lowest BCUT2D eigenvalue weighted by molar-refractivity contribution is 0.0311. The van der Waals surface area contributed by atoms with Crippen LogP contribution in [0.25, 0.3) is 0 Å². The minimum Gasteiger partial charge on any atom is -0.390 e. The number of aliphatic hydroxyl groups is 1. The van der Waals surface area contributed by atoms with E-state index < -0.39 is 14.2 Å². The molecule has 1 aromatic carbocycles. The van der Waals surface area contributed by atoms with Crippen molar-refractivity contribution in [2.24, 2.45) is 0 Å². The highest BCUT2D eigenvalue weighted by Crippen LogP contribution is 2.02. The molecule has 0 saturated carbocycles. The topological polar surface area (TPSA) is 29.5 Å². The van der Waals surface area contributed by atoms with Crippen molar-refractivity contribution in [1.29, 1.82) is 0 Å². The quantitative estimate of drug-likeness (QED) is 0.653. The van der Waals surface area contributed by atoms with Crippen molar-refractivity contribution in [3.8, 4) is 11.5 Å². The highest BCUT2D eigenvalue weighted by atomic mass is 28.3. The van der Waals surface area contributed by atoms with Crippen molar-refractivity contribution in [3.63, 3.8) is 0 Å². The standard InChI is InChI=1S/C15H22O2Si/c1-18(2,3)11-7-10-15(16)13-17-12-14-8-5-4-6-9-14/h4-6,8-9,15-16H,10,12-13H2,1-3H3/t15-/m1/s1. The third-order valence-corrected chi connectivity index (χ3v) is 3.15. The Morgan fingerprint density at radius 1 is 1.22 bits per heavy atom. The summed E-state index contributed by atoms with van der Waals surface area (Å²) in [5.41, 5.74) is 4.36. The first kappa shape index (κ1) is 15.0. The minimum atomic E-state index is -1.32. The van der Waals surface area contributed by atoms with E-state index in [4.69, 9.17) is 4.74 Å². The molecule has 0 aromatic heterocycles. The van der Waals surface area contributed by atoms with Crippen LogP contribution in [0.3, 0.4) is 0 Å². The Morgan fingerprint density at radius 2 is 1.89 bits per heavy atom. The molecule has 0 aliphatic carbocycles. The molecule has 1 atom stereocenters. The summed E-state index contributed by atoms with van der Waals surface area (Å²) in [6.45, 7) is 7.46. The molecule has 1 N–H and O–H groups in total. The van der Waals surface area contributed by atoms with E-state index >= 15 is 0 Å². The fraction of sp³-hybridized carbons (Fsp3) is 0.467. The average Bonchev–Trinajstić information content (AvgIpc) is 2.28. The summed E-state index contributed by atoms with van der Waals surface area (Å²) < 4.78 is 5.46. The van der Waals surface area contributed by atoms with Gasteiger partial charge in [0.1, 0.15) is 8.07 Å². The van der Waals surface area contributed by atoms with Gasteiger partial charge in [0.15, 0.2) is 0 Å². The molecule has 0 amide bonds. The van der Waals surface area contributed by atoms with Crippen LogP contribution in [-0.4, -0.2) is 25.9 Å². The van der Waals surface area contributed by atoms with Crippen molar-refractivity contribution >= 4 is 8.07 Å². The maximum Gasteiger partial charge on any atom is 0.129 e. The van der Waals surface area contributed by atoms with E-state index in [0.717, 1.165) is 5.56 Å². The molecule has 1 aromatic rings. The van der Waals surface area contributed by atoms with Crippen molar-refractivity contribution < 1.29 is 9.84 Å². The van der Waals surface area contributed by atoms with Gasteiger partial charge in [-0.15, -0.1) is 11.5 Å². The van der Waals surface area contributed by atoms with Crippen LogP contribution in [0.15, 0.2) is 30.3 Å². The predicted molar refractivity (Wildman–Crippen MR) is 77.8 cm³/mol. The maximum absolute atomic E-state index is 9.71. The Bertz CT molecular complexity index is 398. The maximum atomic E-state index is 9.71. The second-order valence-electron chi connectivity index (χ2n) is 5.41. The van der Waals surface area contributed by atoms with Gasteiger partial charge in [0.2, 0.25) is 0 Å². The summed E-state index contributed by atoms with van der Waals surface area (Å²) in [6.07, 6.45) is 0.0107. The molecule has 0 aliphatic heterocycles. The van der Waals surface area contributed by atoms with Crippen LogP contribution >= 0.6 is 0 Å². The fourth-order valence-corrected chi connectivity index (χ4v) is 2.01. The SMILES string of the molecule is C[Si](C)(C)C#CC[C@@H](O)COCc1ccccc1. The number of benzene rings is 1. The van der Waals surface area contributed by atoms with E-state index in [1.807, 2.05) is 30.3 Å². The summed E-state index contributed by atoms with van der Waals surface area (Å²) in [5, 5.41) is 9.71. The molecule has 0 spiro atoms. The molecule has 0 radical (unpaired) electrons. The fourth-order valence-electron chi connectivity index (χ4n) is 1.38. The monoisotopic (exact) mass is 262 g/mol. The summed E-state index contributed by atoms with van der Waals surface area (Å²) in [5.74, 6) is 3.06. The van der Waals surface area contributed by atoms with Gasteiger partial charge >= 0.3 is 0 Å². The van der Waals surface area contributed by atoms with Gasteiger partial charge in [0, 0.05) is 6.42 Å². The molecule has 0 unspecified atom stereocenters. The van der Waals surface area contributed by atoms with Crippen LogP contribution in [-0.2, 0) is 11.3 Å². The second kappa shape index (κ2) is 7.37. The lowest BCUT2D eigenvalue weighted by atomic mass is 10.2. The zero-order valence-electron chi connectivity index (χ0n) is 11.4. The predicted octanol–water partition coefficient (Wildman–Crippen LogP) is 2.84. The number of aliphatic hydroxyl groups excluding tert-OH is 1. The number of hydrogen-bond acceptors (Lipinski definition) is 2. The third kappa shape index (κ3) is 7.28. The van der Waals surface area contributed by atoms with Crippen molar-refractivity contribution in [2.45, 2.75) is 38.8 Å². The first-order valence-corrected chi connectivity index (χ1v) is 9.77. The lowest BCUT2D eigenvalue weighted by Crippen LogP contribution is -2.18. The Kier molecular flexibility index (Phi) is 6.13. The first-order chi connectivity index (χ1) is 8.47. The molecule has 0 aliphatic rings. The first-order valence-electron chi connectivity index (χ1n) is 6.27. The van der Waals surface area contributed by atoms with E-state index in [-0.39, 0.29) is 0 Å². The van der Waals surface area contributed by atoms with Crippen LogP contribution in [0.1, 0.15) is 12.0 Å². The van der Waals surface area contributed by atoms with Gasteiger partial charge in [-0.1, -0.05) is 50.0 Å². The number of ether oxygens (including phenoxy) is 1. The molecular weight excluding hydrogens is 240 g/mol. The molecule has 3 heteroatoms. The van der Waals surface area contributed by atoms with E-state index in [0.29, 0.717) is 19.6 Å². The van der Waals surface area contributed by atoms with Gasteiger partial charge in [0.05, 0.1) is 19.3 Å². The smallest absolute Gasteiger partial charge is 0.129 e. The third-order valence-electron chi connectivity index (χ3n) is 2.22. The summed E-state index contributed by atoms with van der Waals surface area (Å²) >= 11 is 0. The van der Waals surface area contributed by atoms with Crippen LogP contribution < -0.4 is 0 Å². The van der Waals surface area contributed by atoms with E-state index in [2.05, 4.69) is 31.1 Å². The minimum absolute atomic E-state index is 0.343. The number of hydrogen-bond donors (Lipinski definition) is 1. The molecule has 2 nitrogen and oxygen atoms in total. The van der Waals surface area contributed by atoms with Gasteiger partial charge in [0.25, 0.3) is 0 Å². The zero-order chi connectivity index (χ0) is 13.4. The van der Waals surface area contributed by atoms with Gasteiger partial charge in [-0.05, 0) is 5.56 Å². The van der Waals surface area contributed by atoms with E-state index in [1.165, 1.54) is 0 Å². The summed E-state index contributed by atoms with van der Waals surface area (Å²) in [6, 6.07) is 9.96. The summed E-state index contributed by atoms with van der Waals surface area (Å²) in [4.78, 5) is 0. The zero-order valence-corrected chi connectivity index (χ0v) is 12.4. The van der Waals surface area contributed by atoms with Gasteiger partial charge in [-0.3, -0.25) is 0 Å². The Labute approximate surface area is 111 Å². The Hall–Kier alpha value is -1.08. The van der Waals surface area contributed by atoms with Gasteiger partial charge in [-0.2, -0.15) is 0 Å². The molecular formula is C15H22O2Si. The average molecular weight is 262 g/mol. The van der Waals surface area contributed by atoms with Crippen molar-refractivity contribution in [2.75, 3.05) is 6.61 Å². The van der Waals surface area contributed by atoms with Crippen molar-refractivity contribution in [3.05, 3.63) is 35.9 Å². The molecule has 98 valence electrons. The van der Waals surface area contributed by atoms with Gasteiger partial charge in [-0.25, -0.2) is 0 Å². The van der Waals surface area contributed by atoms with Gasteiger partial charge < -0.3 is 9.84 Å². The number of rotatable bonds is 5. The van der Waals surface area contributed by atoms with Crippen LogP contribution in [0.5, 0.6) is 0 Å². The van der Waals surface area contributed by atoms with Crippen LogP contribution in [0.2, 0.25) is 19.6 Å². The highest BCUT2D eigenvalue weighted by molar-refractivity contribution is 6.83. The second-order valence-corrected chi connectivity index (χ2v) is 10.2. The molecule has 1 rings (SSSR count). The Balaban J connectivity index is 2.21. The summed E-state index contributed by atoms with van der Waals surface area (Å²) in [7, 11) is -1.32. The lowest BCUT2D eigenvalue weighted by Gasteiger charge is -2.09. The molecule has 0 fully saturated rings. The highest BCUT2D eigenvalue weighted by Gasteiger charge is 2.08. The molecule has 18 heavy (non-hydrogen) atoms. The molecule has 0 heterocycles. The largest absolute Gasteiger partial charge is 0.390 e.